The third-order valence-corrected chi connectivity index (χ3v) is 4.06. The molecule has 0 aromatic carbocycles. The van der Waals surface area contributed by atoms with Gasteiger partial charge in [-0.05, 0) is 37.3 Å². The van der Waals surface area contributed by atoms with E-state index in [1.165, 1.54) is 25.7 Å². The van der Waals surface area contributed by atoms with Crippen LogP contribution in [0.5, 0.6) is 0 Å². The lowest BCUT2D eigenvalue weighted by molar-refractivity contribution is 0.525. The highest BCUT2D eigenvalue weighted by molar-refractivity contribution is 5.99. The van der Waals surface area contributed by atoms with E-state index < -0.39 is 0 Å². The summed E-state index contributed by atoms with van der Waals surface area (Å²) >= 11 is 0. The van der Waals surface area contributed by atoms with Crippen LogP contribution in [-0.4, -0.2) is 23.4 Å². The number of nitrogen functional groups attached to an aromatic ring is 1. The maximum Gasteiger partial charge on any atom is 0.139 e. The quantitative estimate of drug-likeness (QED) is 0.618. The maximum absolute atomic E-state index is 7.77. The molecule has 1 heterocycles. The van der Waals surface area contributed by atoms with Crippen molar-refractivity contribution in [3.05, 3.63) is 23.9 Å². The summed E-state index contributed by atoms with van der Waals surface area (Å²) in [5, 5.41) is 7.77. The molecule has 0 amide bonds. The second-order valence-corrected chi connectivity index (χ2v) is 6.10. The smallest absolute Gasteiger partial charge is 0.139 e. The highest BCUT2D eigenvalue weighted by Gasteiger charge is 2.25. The molecule has 0 radical (unpaired) electrons. The maximum atomic E-state index is 7.77. The second kappa shape index (κ2) is 6.73. The number of amidine groups is 1. The van der Waals surface area contributed by atoms with Gasteiger partial charge in [0.2, 0.25) is 0 Å². The molecule has 0 saturated heterocycles. The number of anilines is 1. The van der Waals surface area contributed by atoms with Crippen molar-refractivity contribution in [2.24, 2.45) is 11.7 Å². The van der Waals surface area contributed by atoms with Gasteiger partial charge in [0.05, 0.1) is 5.56 Å². The topological polar surface area (TPSA) is 66.0 Å². The molecule has 4 nitrogen and oxygen atoms in total. The molecule has 3 N–H and O–H groups in total. The van der Waals surface area contributed by atoms with Crippen molar-refractivity contribution in [3.8, 4) is 0 Å². The number of hydrogen-bond donors (Lipinski definition) is 2. The minimum absolute atomic E-state index is 0.112. The Kier molecular flexibility index (Phi) is 4.99. The number of nitrogens with one attached hydrogen (secondary N) is 1. The van der Waals surface area contributed by atoms with Crippen LogP contribution in [0.4, 0.5) is 5.82 Å². The van der Waals surface area contributed by atoms with Crippen LogP contribution >= 0.6 is 0 Å². The summed E-state index contributed by atoms with van der Waals surface area (Å²) in [5.74, 6) is 1.68. The first kappa shape index (κ1) is 14.8. The molecule has 0 spiro atoms. The molecule has 2 rings (SSSR count). The lowest BCUT2D eigenvalue weighted by Gasteiger charge is -2.32. The van der Waals surface area contributed by atoms with Crippen LogP contribution < -0.4 is 10.6 Å². The van der Waals surface area contributed by atoms with Crippen LogP contribution in [0.3, 0.4) is 0 Å². The minimum atomic E-state index is 0.112. The average molecular weight is 274 g/mol. The van der Waals surface area contributed by atoms with E-state index >= 15 is 0 Å². The zero-order valence-corrected chi connectivity index (χ0v) is 12.6. The molecule has 1 fully saturated rings. The van der Waals surface area contributed by atoms with Gasteiger partial charge in [-0.3, -0.25) is 5.41 Å². The number of rotatable bonds is 6. The SMILES string of the molecule is CC(C)CCN(c1ncccc1C(=N)N)C1CCCC1. The first-order valence-corrected chi connectivity index (χ1v) is 7.65. The summed E-state index contributed by atoms with van der Waals surface area (Å²) in [7, 11) is 0. The fourth-order valence-corrected chi connectivity index (χ4v) is 2.91. The van der Waals surface area contributed by atoms with Gasteiger partial charge in [-0.15, -0.1) is 0 Å². The van der Waals surface area contributed by atoms with E-state index in [9.17, 15) is 0 Å². The van der Waals surface area contributed by atoms with Crippen LogP contribution in [0, 0.1) is 11.3 Å². The summed E-state index contributed by atoms with van der Waals surface area (Å²) in [5.41, 5.74) is 6.49. The van der Waals surface area contributed by atoms with Crippen molar-refractivity contribution < 1.29 is 0 Å². The monoisotopic (exact) mass is 274 g/mol. The molecule has 0 aliphatic heterocycles. The third-order valence-electron chi connectivity index (χ3n) is 4.06. The van der Waals surface area contributed by atoms with Crippen molar-refractivity contribution in [3.63, 3.8) is 0 Å². The summed E-state index contributed by atoms with van der Waals surface area (Å²) < 4.78 is 0. The number of nitrogens with zero attached hydrogens (tertiary/aromatic N) is 2. The first-order chi connectivity index (χ1) is 9.59. The van der Waals surface area contributed by atoms with E-state index in [-0.39, 0.29) is 5.84 Å². The van der Waals surface area contributed by atoms with Gasteiger partial charge in [0.25, 0.3) is 0 Å². The molecule has 1 aliphatic rings. The highest BCUT2D eigenvalue weighted by Crippen LogP contribution is 2.29. The summed E-state index contributed by atoms with van der Waals surface area (Å²) in [6, 6.07) is 4.32. The molecule has 20 heavy (non-hydrogen) atoms. The second-order valence-electron chi connectivity index (χ2n) is 6.10. The molecule has 110 valence electrons. The lowest BCUT2D eigenvalue weighted by atomic mass is 10.1. The number of pyridine rings is 1. The Balaban J connectivity index is 2.27. The zero-order chi connectivity index (χ0) is 14.5. The Bertz CT molecular complexity index is 450. The van der Waals surface area contributed by atoms with E-state index in [0.717, 1.165) is 24.3 Å². The van der Waals surface area contributed by atoms with Crippen LogP contribution in [0.1, 0.15) is 51.5 Å². The molecule has 1 aromatic rings. The summed E-state index contributed by atoms with van der Waals surface area (Å²) in [6.45, 7) is 5.49. The van der Waals surface area contributed by atoms with Crippen molar-refractivity contribution in [2.45, 2.75) is 52.0 Å². The number of hydrogen-bond acceptors (Lipinski definition) is 3. The van der Waals surface area contributed by atoms with Gasteiger partial charge >= 0.3 is 0 Å². The predicted molar refractivity (Wildman–Crippen MR) is 84.3 cm³/mol. The molecule has 4 heteroatoms. The molecule has 1 saturated carbocycles. The Morgan fingerprint density at radius 2 is 2.15 bits per heavy atom. The zero-order valence-electron chi connectivity index (χ0n) is 12.6. The number of nitrogens with two attached hydrogens (primary N) is 1. The largest absolute Gasteiger partial charge is 0.384 e. The van der Waals surface area contributed by atoms with Crippen LogP contribution in [0.25, 0.3) is 0 Å². The molecule has 0 unspecified atom stereocenters. The molecule has 1 aromatic heterocycles. The molecule has 1 aliphatic carbocycles. The van der Waals surface area contributed by atoms with Gasteiger partial charge < -0.3 is 10.6 Å². The van der Waals surface area contributed by atoms with Crippen LogP contribution in [0.2, 0.25) is 0 Å². The Hall–Kier alpha value is -1.58. The van der Waals surface area contributed by atoms with E-state index in [0.29, 0.717) is 12.0 Å². The standard InChI is InChI=1S/C16H26N4/c1-12(2)9-11-20(13-6-3-4-7-13)16-14(15(17)18)8-5-10-19-16/h5,8,10,12-13H,3-4,6-7,9,11H2,1-2H3,(H3,17,18). The molecular formula is C16H26N4. The Morgan fingerprint density at radius 3 is 2.75 bits per heavy atom. The first-order valence-electron chi connectivity index (χ1n) is 7.65. The van der Waals surface area contributed by atoms with Crippen molar-refractivity contribution in [1.29, 1.82) is 5.41 Å². The minimum Gasteiger partial charge on any atom is -0.384 e. The van der Waals surface area contributed by atoms with E-state index in [4.69, 9.17) is 11.1 Å². The van der Waals surface area contributed by atoms with Crippen molar-refractivity contribution in [1.82, 2.24) is 4.98 Å². The third kappa shape index (κ3) is 3.50. The Labute approximate surface area is 121 Å². The van der Waals surface area contributed by atoms with Gasteiger partial charge in [0.15, 0.2) is 0 Å². The van der Waals surface area contributed by atoms with Gasteiger partial charge in [-0.2, -0.15) is 0 Å². The van der Waals surface area contributed by atoms with Crippen molar-refractivity contribution in [2.75, 3.05) is 11.4 Å². The molecular weight excluding hydrogens is 248 g/mol. The average Bonchev–Trinajstić information content (AvgIpc) is 2.93. The predicted octanol–water partition coefficient (Wildman–Crippen LogP) is 3.16. The van der Waals surface area contributed by atoms with Gasteiger partial charge in [-0.25, -0.2) is 4.98 Å². The number of aromatic nitrogens is 1. The molecule has 0 bridgehead atoms. The lowest BCUT2D eigenvalue weighted by Crippen LogP contribution is -2.37. The summed E-state index contributed by atoms with van der Waals surface area (Å²) in [4.78, 5) is 6.92. The van der Waals surface area contributed by atoms with E-state index in [2.05, 4.69) is 23.7 Å². The van der Waals surface area contributed by atoms with Crippen LogP contribution in [-0.2, 0) is 0 Å². The highest BCUT2D eigenvalue weighted by atomic mass is 15.2. The summed E-state index contributed by atoms with van der Waals surface area (Å²) in [6.07, 6.45) is 8.00. The molecule has 0 atom stereocenters. The van der Waals surface area contributed by atoms with Crippen LogP contribution in [0.15, 0.2) is 18.3 Å². The van der Waals surface area contributed by atoms with Gasteiger partial charge in [-0.1, -0.05) is 26.7 Å². The van der Waals surface area contributed by atoms with E-state index in [1.54, 1.807) is 6.20 Å². The fourth-order valence-electron chi connectivity index (χ4n) is 2.91. The fraction of sp³-hybridized carbons (Fsp3) is 0.625. The van der Waals surface area contributed by atoms with E-state index in [1.807, 2.05) is 12.1 Å². The van der Waals surface area contributed by atoms with Gasteiger partial charge in [0.1, 0.15) is 11.7 Å². The van der Waals surface area contributed by atoms with Crippen molar-refractivity contribution >= 4 is 11.7 Å². The normalized spacial score (nSPS) is 15.8. The Morgan fingerprint density at radius 1 is 1.45 bits per heavy atom. The van der Waals surface area contributed by atoms with Gasteiger partial charge in [0, 0.05) is 18.8 Å².